The number of nitrogens with zero attached hydrogens (tertiary/aromatic N) is 3. The van der Waals surface area contributed by atoms with Gasteiger partial charge in [0, 0.05) is 42.6 Å². The van der Waals surface area contributed by atoms with E-state index in [1.54, 1.807) is 18.3 Å². The SMILES string of the molecule is CCNC(=NCc1cccc(-n2cccn2)c1)NCCc1c[nH]c2ccc(F)cc12.I. The molecule has 0 atom stereocenters. The summed E-state index contributed by atoms with van der Waals surface area (Å²) in [4.78, 5) is 7.89. The predicted octanol–water partition coefficient (Wildman–Crippen LogP) is 4.41. The van der Waals surface area contributed by atoms with Crippen molar-refractivity contribution in [3.8, 4) is 5.69 Å². The summed E-state index contributed by atoms with van der Waals surface area (Å²) in [6.45, 7) is 4.07. The second-order valence-corrected chi connectivity index (χ2v) is 7.00. The molecule has 0 saturated carbocycles. The molecule has 0 aliphatic heterocycles. The van der Waals surface area contributed by atoms with E-state index in [0.29, 0.717) is 13.1 Å². The van der Waals surface area contributed by atoms with Crippen molar-refractivity contribution < 1.29 is 4.39 Å². The fraction of sp³-hybridized carbons (Fsp3) is 0.217. The van der Waals surface area contributed by atoms with E-state index in [9.17, 15) is 4.39 Å². The Morgan fingerprint density at radius 1 is 1.16 bits per heavy atom. The fourth-order valence-electron chi connectivity index (χ4n) is 3.40. The molecule has 3 N–H and O–H groups in total. The third kappa shape index (κ3) is 5.84. The molecule has 2 heterocycles. The molecule has 4 aromatic rings. The summed E-state index contributed by atoms with van der Waals surface area (Å²) in [5.41, 5.74) is 4.15. The summed E-state index contributed by atoms with van der Waals surface area (Å²) in [5, 5.41) is 11.8. The van der Waals surface area contributed by atoms with Crippen LogP contribution in [0.3, 0.4) is 0 Å². The lowest BCUT2D eigenvalue weighted by atomic mass is 10.1. The van der Waals surface area contributed by atoms with Crippen molar-refractivity contribution in [2.24, 2.45) is 4.99 Å². The van der Waals surface area contributed by atoms with Crippen LogP contribution in [0.4, 0.5) is 4.39 Å². The number of nitrogens with one attached hydrogen (secondary N) is 3. The molecule has 2 aromatic carbocycles. The van der Waals surface area contributed by atoms with Crippen molar-refractivity contribution in [1.29, 1.82) is 0 Å². The third-order valence-corrected chi connectivity index (χ3v) is 4.86. The average molecular weight is 532 g/mol. The topological polar surface area (TPSA) is 70.0 Å². The van der Waals surface area contributed by atoms with Gasteiger partial charge in [-0.05, 0) is 60.9 Å². The second kappa shape index (κ2) is 10.9. The number of benzene rings is 2. The van der Waals surface area contributed by atoms with Gasteiger partial charge in [-0.15, -0.1) is 24.0 Å². The lowest BCUT2D eigenvalue weighted by Gasteiger charge is -2.11. The fourth-order valence-corrected chi connectivity index (χ4v) is 3.40. The minimum atomic E-state index is -0.219. The quantitative estimate of drug-likeness (QED) is 0.188. The van der Waals surface area contributed by atoms with Crippen LogP contribution < -0.4 is 10.6 Å². The highest BCUT2D eigenvalue weighted by Gasteiger charge is 2.06. The smallest absolute Gasteiger partial charge is 0.191 e. The van der Waals surface area contributed by atoms with Crippen molar-refractivity contribution in [2.45, 2.75) is 19.9 Å². The number of hydrogen-bond donors (Lipinski definition) is 3. The van der Waals surface area contributed by atoms with Crippen LogP contribution in [0.15, 0.2) is 72.1 Å². The first kappa shape index (κ1) is 22.8. The molecule has 0 fully saturated rings. The lowest BCUT2D eigenvalue weighted by Crippen LogP contribution is -2.38. The van der Waals surface area contributed by atoms with Gasteiger partial charge in [0.25, 0.3) is 0 Å². The Morgan fingerprint density at radius 2 is 2.06 bits per heavy atom. The Labute approximate surface area is 198 Å². The molecule has 8 heteroatoms. The molecule has 0 amide bonds. The first-order valence-electron chi connectivity index (χ1n) is 10.1. The Bertz CT molecular complexity index is 1140. The maximum absolute atomic E-state index is 13.6. The predicted molar refractivity (Wildman–Crippen MR) is 134 cm³/mol. The van der Waals surface area contributed by atoms with E-state index < -0.39 is 0 Å². The second-order valence-electron chi connectivity index (χ2n) is 7.00. The van der Waals surface area contributed by atoms with Crippen LogP contribution >= 0.6 is 24.0 Å². The van der Waals surface area contributed by atoms with Gasteiger partial charge in [-0.2, -0.15) is 5.10 Å². The van der Waals surface area contributed by atoms with Crippen LogP contribution in [0.5, 0.6) is 0 Å². The zero-order valence-corrected chi connectivity index (χ0v) is 19.6. The number of aliphatic imine (C=N–C) groups is 1. The van der Waals surface area contributed by atoms with Crippen molar-refractivity contribution in [1.82, 2.24) is 25.4 Å². The molecule has 0 saturated heterocycles. The normalized spacial score (nSPS) is 11.4. The molecular weight excluding hydrogens is 506 g/mol. The summed E-state index contributed by atoms with van der Waals surface area (Å²) >= 11 is 0. The monoisotopic (exact) mass is 532 g/mol. The van der Waals surface area contributed by atoms with Gasteiger partial charge >= 0.3 is 0 Å². The molecule has 0 unspecified atom stereocenters. The maximum atomic E-state index is 13.6. The molecular formula is C23H26FIN6. The number of aromatic amines is 1. The molecule has 2 aromatic heterocycles. The van der Waals surface area contributed by atoms with E-state index in [4.69, 9.17) is 4.99 Å². The highest BCUT2D eigenvalue weighted by Crippen LogP contribution is 2.19. The van der Waals surface area contributed by atoms with Crippen molar-refractivity contribution in [3.05, 3.63) is 84.1 Å². The summed E-state index contributed by atoms with van der Waals surface area (Å²) in [7, 11) is 0. The van der Waals surface area contributed by atoms with Crippen LogP contribution in [0.2, 0.25) is 0 Å². The van der Waals surface area contributed by atoms with E-state index in [1.165, 1.54) is 6.07 Å². The van der Waals surface area contributed by atoms with Crippen LogP contribution in [0, 0.1) is 5.82 Å². The molecule has 0 spiro atoms. The summed E-state index contributed by atoms with van der Waals surface area (Å²) in [5.74, 6) is 0.538. The zero-order valence-electron chi connectivity index (χ0n) is 17.3. The lowest BCUT2D eigenvalue weighted by molar-refractivity contribution is 0.629. The molecule has 0 aliphatic carbocycles. The van der Waals surface area contributed by atoms with Gasteiger partial charge in [-0.3, -0.25) is 0 Å². The van der Waals surface area contributed by atoms with Crippen LogP contribution in [0.1, 0.15) is 18.1 Å². The summed E-state index contributed by atoms with van der Waals surface area (Å²) in [6.07, 6.45) is 6.39. The van der Waals surface area contributed by atoms with Crippen LogP contribution in [-0.4, -0.2) is 33.8 Å². The van der Waals surface area contributed by atoms with Gasteiger partial charge in [0.2, 0.25) is 0 Å². The third-order valence-electron chi connectivity index (χ3n) is 4.86. The molecule has 4 rings (SSSR count). The number of fused-ring (bicyclic) bond motifs is 1. The maximum Gasteiger partial charge on any atom is 0.191 e. The Hall–Kier alpha value is -2.88. The number of guanidine groups is 1. The molecule has 0 aliphatic rings. The van der Waals surface area contributed by atoms with Crippen LogP contribution in [-0.2, 0) is 13.0 Å². The molecule has 0 radical (unpaired) electrons. The summed E-state index contributed by atoms with van der Waals surface area (Å²) < 4.78 is 15.4. The van der Waals surface area contributed by atoms with Gasteiger partial charge in [-0.25, -0.2) is 14.1 Å². The Morgan fingerprint density at radius 3 is 2.87 bits per heavy atom. The minimum Gasteiger partial charge on any atom is -0.361 e. The van der Waals surface area contributed by atoms with E-state index in [1.807, 2.05) is 42.2 Å². The van der Waals surface area contributed by atoms with Gasteiger partial charge in [-0.1, -0.05) is 12.1 Å². The molecule has 0 bridgehead atoms. The zero-order chi connectivity index (χ0) is 20.8. The molecule has 31 heavy (non-hydrogen) atoms. The molecule has 162 valence electrons. The largest absolute Gasteiger partial charge is 0.361 e. The van der Waals surface area contributed by atoms with E-state index >= 15 is 0 Å². The minimum absolute atomic E-state index is 0. The number of hydrogen-bond acceptors (Lipinski definition) is 2. The average Bonchev–Trinajstić information content (AvgIpc) is 3.43. The van der Waals surface area contributed by atoms with Gasteiger partial charge < -0.3 is 15.6 Å². The van der Waals surface area contributed by atoms with Gasteiger partial charge in [0.15, 0.2) is 5.96 Å². The molecule has 6 nitrogen and oxygen atoms in total. The Kier molecular flexibility index (Phi) is 8.05. The number of rotatable bonds is 7. The number of aromatic nitrogens is 3. The first-order valence-corrected chi connectivity index (χ1v) is 10.1. The van der Waals surface area contributed by atoms with Crippen molar-refractivity contribution in [3.63, 3.8) is 0 Å². The van der Waals surface area contributed by atoms with Crippen molar-refractivity contribution >= 4 is 40.8 Å². The summed E-state index contributed by atoms with van der Waals surface area (Å²) in [6, 6.07) is 14.9. The number of halogens is 2. The van der Waals surface area contributed by atoms with Gasteiger partial charge in [0.1, 0.15) is 5.82 Å². The Balaban J connectivity index is 0.00000272. The standard InChI is InChI=1S/C23H25FN6.HI/c1-2-25-23(26-11-9-18-16-27-22-8-7-19(24)14-21(18)22)28-15-17-5-3-6-20(13-17)30-12-4-10-29-30;/h3-8,10,12-14,16,27H,2,9,11,15H2,1H3,(H2,25,26,28);1H. The number of H-pyrrole nitrogens is 1. The van der Waals surface area contributed by atoms with E-state index in [0.717, 1.165) is 46.6 Å². The highest BCUT2D eigenvalue weighted by atomic mass is 127. The van der Waals surface area contributed by atoms with E-state index in [2.05, 4.69) is 32.8 Å². The van der Waals surface area contributed by atoms with Crippen molar-refractivity contribution in [2.75, 3.05) is 13.1 Å². The van der Waals surface area contributed by atoms with Crippen LogP contribution in [0.25, 0.3) is 16.6 Å². The van der Waals surface area contributed by atoms with E-state index in [-0.39, 0.29) is 29.8 Å². The first-order chi connectivity index (χ1) is 14.7. The van der Waals surface area contributed by atoms with Gasteiger partial charge in [0.05, 0.1) is 12.2 Å². The highest BCUT2D eigenvalue weighted by molar-refractivity contribution is 14.0.